The fourth-order valence-corrected chi connectivity index (χ4v) is 2.19. The van der Waals surface area contributed by atoms with Crippen molar-refractivity contribution in [1.82, 2.24) is 4.90 Å². The van der Waals surface area contributed by atoms with Gasteiger partial charge in [0.25, 0.3) is 0 Å². The fraction of sp³-hybridized carbons (Fsp3) is 0.455. The standard InChI is InChI=1S/C11H14Cl2IN/c12-5-7-15(8-6-13)9-10-1-3-11(14)4-2-10/h1-4H,5-9H2. The first-order valence-electron chi connectivity index (χ1n) is 4.85. The van der Waals surface area contributed by atoms with E-state index in [1.807, 2.05) is 0 Å². The number of hydrogen-bond donors (Lipinski definition) is 0. The molecule has 1 rings (SSSR count). The Balaban J connectivity index is 2.53. The maximum absolute atomic E-state index is 5.74. The van der Waals surface area contributed by atoms with E-state index in [1.54, 1.807) is 0 Å². The molecule has 1 aromatic carbocycles. The minimum absolute atomic E-state index is 0.654. The van der Waals surface area contributed by atoms with Crippen LogP contribution in [-0.2, 0) is 6.54 Å². The van der Waals surface area contributed by atoms with Crippen molar-refractivity contribution in [3.05, 3.63) is 33.4 Å². The van der Waals surface area contributed by atoms with Gasteiger partial charge in [0.05, 0.1) is 0 Å². The highest BCUT2D eigenvalue weighted by Crippen LogP contribution is 2.09. The summed E-state index contributed by atoms with van der Waals surface area (Å²) in [5.74, 6) is 1.31. The zero-order valence-corrected chi connectivity index (χ0v) is 12.1. The number of rotatable bonds is 6. The van der Waals surface area contributed by atoms with Crippen molar-refractivity contribution in [1.29, 1.82) is 0 Å². The van der Waals surface area contributed by atoms with Gasteiger partial charge in [0.2, 0.25) is 0 Å². The summed E-state index contributed by atoms with van der Waals surface area (Å²) in [6.45, 7) is 2.71. The molecule has 0 fully saturated rings. The van der Waals surface area contributed by atoms with Gasteiger partial charge in [-0.05, 0) is 40.3 Å². The van der Waals surface area contributed by atoms with Crippen molar-refractivity contribution in [3.8, 4) is 0 Å². The van der Waals surface area contributed by atoms with Crippen LogP contribution in [-0.4, -0.2) is 29.7 Å². The maximum atomic E-state index is 5.74. The number of alkyl halides is 2. The normalized spacial score (nSPS) is 10.9. The molecule has 0 aromatic heterocycles. The number of hydrogen-bond acceptors (Lipinski definition) is 1. The van der Waals surface area contributed by atoms with E-state index in [9.17, 15) is 0 Å². The number of halogens is 3. The second kappa shape index (κ2) is 7.71. The SMILES string of the molecule is ClCCN(CCCl)Cc1ccc(I)cc1. The lowest BCUT2D eigenvalue weighted by atomic mass is 10.2. The summed E-state index contributed by atoms with van der Waals surface area (Å²) in [4.78, 5) is 2.27. The molecule has 0 bridgehead atoms. The fourth-order valence-electron chi connectivity index (χ4n) is 1.36. The molecule has 0 radical (unpaired) electrons. The molecule has 0 unspecified atom stereocenters. The van der Waals surface area contributed by atoms with Crippen LogP contribution in [0.3, 0.4) is 0 Å². The molecule has 0 aliphatic rings. The molecular weight excluding hydrogens is 344 g/mol. The monoisotopic (exact) mass is 357 g/mol. The molecule has 0 N–H and O–H groups in total. The van der Waals surface area contributed by atoms with E-state index in [-0.39, 0.29) is 0 Å². The highest BCUT2D eigenvalue weighted by molar-refractivity contribution is 14.1. The lowest BCUT2D eigenvalue weighted by molar-refractivity contribution is 0.299. The molecule has 1 nitrogen and oxygen atoms in total. The molecular formula is C11H14Cl2IN. The molecule has 0 spiro atoms. The molecule has 0 aliphatic heterocycles. The van der Waals surface area contributed by atoms with Crippen molar-refractivity contribution in [3.63, 3.8) is 0 Å². The van der Waals surface area contributed by atoms with Gasteiger partial charge in [-0.2, -0.15) is 0 Å². The van der Waals surface area contributed by atoms with Crippen LogP contribution < -0.4 is 0 Å². The highest BCUT2D eigenvalue weighted by atomic mass is 127. The second-order valence-electron chi connectivity index (χ2n) is 3.28. The zero-order valence-electron chi connectivity index (χ0n) is 8.43. The summed E-state index contributed by atoms with van der Waals surface area (Å²) >= 11 is 13.8. The Bertz CT molecular complexity index is 270. The minimum atomic E-state index is 0.654. The summed E-state index contributed by atoms with van der Waals surface area (Å²) < 4.78 is 1.26. The molecule has 15 heavy (non-hydrogen) atoms. The quantitative estimate of drug-likeness (QED) is 0.555. The van der Waals surface area contributed by atoms with Crippen LogP contribution >= 0.6 is 45.8 Å². The Morgan fingerprint density at radius 3 is 2.00 bits per heavy atom. The van der Waals surface area contributed by atoms with E-state index in [1.165, 1.54) is 9.13 Å². The lowest BCUT2D eigenvalue weighted by Gasteiger charge is -2.19. The van der Waals surface area contributed by atoms with Gasteiger partial charge in [-0.15, -0.1) is 23.2 Å². The third-order valence-corrected chi connectivity index (χ3v) is 3.18. The highest BCUT2D eigenvalue weighted by Gasteiger charge is 2.04. The van der Waals surface area contributed by atoms with E-state index in [2.05, 4.69) is 51.8 Å². The predicted octanol–water partition coefficient (Wildman–Crippen LogP) is 3.57. The van der Waals surface area contributed by atoms with Gasteiger partial charge in [-0.1, -0.05) is 12.1 Å². The Labute approximate surface area is 115 Å². The molecule has 1 aromatic rings. The first-order valence-corrected chi connectivity index (χ1v) is 6.99. The smallest absolute Gasteiger partial charge is 0.0351 e. The van der Waals surface area contributed by atoms with Gasteiger partial charge in [0.1, 0.15) is 0 Å². The van der Waals surface area contributed by atoms with Gasteiger partial charge in [0, 0.05) is 35.0 Å². The largest absolute Gasteiger partial charge is 0.297 e. The average Bonchev–Trinajstić information content (AvgIpc) is 2.22. The van der Waals surface area contributed by atoms with Crippen molar-refractivity contribution in [2.75, 3.05) is 24.8 Å². The van der Waals surface area contributed by atoms with Gasteiger partial charge in [0.15, 0.2) is 0 Å². The van der Waals surface area contributed by atoms with Gasteiger partial charge < -0.3 is 0 Å². The Morgan fingerprint density at radius 2 is 1.53 bits per heavy atom. The number of benzene rings is 1. The lowest BCUT2D eigenvalue weighted by Crippen LogP contribution is -2.27. The third-order valence-electron chi connectivity index (χ3n) is 2.12. The van der Waals surface area contributed by atoms with E-state index in [4.69, 9.17) is 23.2 Å². The summed E-state index contributed by atoms with van der Waals surface area (Å²) in [6, 6.07) is 8.54. The molecule has 0 atom stereocenters. The van der Waals surface area contributed by atoms with Gasteiger partial charge in [-0.3, -0.25) is 4.90 Å². The molecule has 0 saturated carbocycles. The van der Waals surface area contributed by atoms with E-state index in [0.29, 0.717) is 11.8 Å². The molecule has 0 heterocycles. The summed E-state index contributed by atoms with van der Waals surface area (Å²) in [6.07, 6.45) is 0. The van der Waals surface area contributed by atoms with E-state index < -0.39 is 0 Å². The zero-order chi connectivity index (χ0) is 11.1. The van der Waals surface area contributed by atoms with E-state index in [0.717, 1.165) is 19.6 Å². The molecule has 0 saturated heterocycles. The Kier molecular flexibility index (Phi) is 6.97. The summed E-state index contributed by atoms with van der Waals surface area (Å²) in [5.41, 5.74) is 1.31. The van der Waals surface area contributed by atoms with Crippen LogP contribution in [0.4, 0.5) is 0 Å². The van der Waals surface area contributed by atoms with Crippen molar-refractivity contribution in [2.45, 2.75) is 6.54 Å². The first kappa shape index (κ1) is 13.6. The van der Waals surface area contributed by atoms with Crippen LogP contribution in [0.2, 0.25) is 0 Å². The van der Waals surface area contributed by atoms with Crippen LogP contribution in [0.15, 0.2) is 24.3 Å². The maximum Gasteiger partial charge on any atom is 0.0351 e. The van der Waals surface area contributed by atoms with Crippen molar-refractivity contribution in [2.24, 2.45) is 0 Å². The van der Waals surface area contributed by atoms with Crippen molar-refractivity contribution >= 4 is 45.8 Å². The molecule has 0 aliphatic carbocycles. The average molecular weight is 358 g/mol. The van der Waals surface area contributed by atoms with Crippen LogP contribution in [0, 0.1) is 3.57 Å². The third kappa shape index (κ3) is 5.38. The Hall–Kier alpha value is 0.490. The molecule has 84 valence electrons. The van der Waals surface area contributed by atoms with Gasteiger partial charge >= 0.3 is 0 Å². The molecule has 0 amide bonds. The predicted molar refractivity (Wildman–Crippen MR) is 75.9 cm³/mol. The number of nitrogens with zero attached hydrogens (tertiary/aromatic N) is 1. The van der Waals surface area contributed by atoms with Crippen LogP contribution in [0.25, 0.3) is 0 Å². The molecule has 4 heteroatoms. The summed E-state index contributed by atoms with van der Waals surface area (Å²) in [7, 11) is 0. The summed E-state index contributed by atoms with van der Waals surface area (Å²) in [5, 5.41) is 0. The van der Waals surface area contributed by atoms with E-state index >= 15 is 0 Å². The van der Waals surface area contributed by atoms with Crippen molar-refractivity contribution < 1.29 is 0 Å². The van der Waals surface area contributed by atoms with Crippen LogP contribution in [0.5, 0.6) is 0 Å². The van der Waals surface area contributed by atoms with Gasteiger partial charge in [-0.25, -0.2) is 0 Å². The second-order valence-corrected chi connectivity index (χ2v) is 5.28. The van der Waals surface area contributed by atoms with Crippen LogP contribution in [0.1, 0.15) is 5.56 Å². The minimum Gasteiger partial charge on any atom is -0.297 e. The first-order chi connectivity index (χ1) is 7.26. The Morgan fingerprint density at radius 1 is 1.00 bits per heavy atom. The topological polar surface area (TPSA) is 3.24 Å².